The second-order valence-corrected chi connectivity index (χ2v) is 5.22. The van der Waals surface area contributed by atoms with Crippen molar-refractivity contribution >= 4 is 0 Å². The molecule has 97 valence electrons. The van der Waals surface area contributed by atoms with Crippen molar-refractivity contribution in [1.82, 2.24) is 0 Å². The van der Waals surface area contributed by atoms with Crippen LogP contribution in [0.4, 0.5) is 0 Å². The molecular formula is C21H13. The lowest BCUT2D eigenvalue weighted by atomic mass is 9.95. The largest absolute Gasteiger partial charge is 0.115 e. The Hall–Kier alpha value is -2.78. The van der Waals surface area contributed by atoms with Gasteiger partial charge in [0.1, 0.15) is 0 Å². The third kappa shape index (κ3) is 1.87. The molecule has 0 saturated heterocycles. The van der Waals surface area contributed by atoms with Gasteiger partial charge in [0.2, 0.25) is 0 Å². The fourth-order valence-corrected chi connectivity index (χ4v) is 2.98. The molecule has 0 saturated carbocycles. The van der Waals surface area contributed by atoms with E-state index in [0.29, 0.717) is 0 Å². The maximum absolute atomic E-state index is 5.43. The van der Waals surface area contributed by atoms with Crippen molar-refractivity contribution in [2.24, 2.45) is 0 Å². The summed E-state index contributed by atoms with van der Waals surface area (Å²) in [4.78, 5) is 0. The van der Waals surface area contributed by atoms with Crippen molar-refractivity contribution in [3.63, 3.8) is 0 Å². The summed E-state index contributed by atoms with van der Waals surface area (Å²) in [6, 6.07) is 23.2. The highest BCUT2D eigenvalue weighted by molar-refractivity contribution is 5.88. The van der Waals surface area contributed by atoms with Crippen LogP contribution in [-0.2, 0) is 0 Å². The molecule has 0 amide bonds. The SMILES string of the molecule is C#Cc1ccc(-c2cccc3c2[CH]c2ccccc2-3)cc1. The summed E-state index contributed by atoms with van der Waals surface area (Å²) in [5, 5.41) is 0. The van der Waals surface area contributed by atoms with E-state index in [0.717, 1.165) is 5.56 Å². The summed E-state index contributed by atoms with van der Waals surface area (Å²) < 4.78 is 0. The molecule has 0 bridgehead atoms. The van der Waals surface area contributed by atoms with Gasteiger partial charge in [0.05, 0.1) is 0 Å². The van der Waals surface area contributed by atoms with Gasteiger partial charge in [-0.25, -0.2) is 0 Å². The minimum absolute atomic E-state index is 0.915. The minimum Gasteiger partial charge on any atom is -0.115 e. The first-order valence-electron chi connectivity index (χ1n) is 7.01. The first-order valence-corrected chi connectivity index (χ1v) is 7.01. The van der Waals surface area contributed by atoms with Crippen LogP contribution in [0.3, 0.4) is 0 Å². The molecule has 0 atom stereocenters. The van der Waals surface area contributed by atoms with Gasteiger partial charge in [-0.1, -0.05) is 60.5 Å². The third-order valence-electron chi connectivity index (χ3n) is 4.02. The average Bonchev–Trinajstić information content (AvgIpc) is 2.94. The van der Waals surface area contributed by atoms with E-state index in [1.54, 1.807) is 0 Å². The maximum atomic E-state index is 5.43. The van der Waals surface area contributed by atoms with Gasteiger partial charge in [-0.05, 0) is 45.5 Å². The van der Waals surface area contributed by atoms with Gasteiger partial charge in [-0.15, -0.1) is 6.42 Å². The summed E-state index contributed by atoms with van der Waals surface area (Å²) >= 11 is 0. The lowest BCUT2D eigenvalue weighted by Crippen LogP contribution is -1.86. The number of benzene rings is 3. The van der Waals surface area contributed by atoms with Crippen LogP contribution in [0.5, 0.6) is 0 Å². The Morgan fingerprint density at radius 2 is 1.38 bits per heavy atom. The zero-order chi connectivity index (χ0) is 14.2. The molecule has 0 nitrogen and oxygen atoms in total. The van der Waals surface area contributed by atoms with E-state index in [2.05, 4.69) is 66.9 Å². The first kappa shape index (κ1) is 12.0. The van der Waals surface area contributed by atoms with Gasteiger partial charge in [-0.3, -0.25) is 0 Å². The Balaban J connectivity index is 1.88. The van der Waals surface area contributed by atoms with Crippen LogP contribution >= 0.6 is 0 Å². The molecule has 0 heteroatoms. The number of terminal acetylenes is 1. The quantitative estimate of drug-likeness (QED) is 0.429. The Kier molecular flexibility index (Phi) is 2.66. The highest BCUT2D eigenvalue weighted by Crippen LogP contribution is 2.42. The van der Waals surface area contributed by atoms with Crippen molar-refractivity contribution in [3.8, 4) is 34.6 Å². The maximum Gasteiger partial charge on any atom is 0.0243 e. The molecule has 1 aliphatic rings. The summed E-state index contributed by atoms with van der Waals surface area (Å²) in [5.74, 6) is 2.66. The first-order chi connectivity index (χ1) is 10.4. The zero-order valence-corrected chi connectivity index (χ0v) is 11.5. The summed E-state index contributed by atoms with van der Waals surface area (Å²) in [7, 11) is 0. The smallest absolute Gasteiger partial charge is 0.0243 e. The lowest BCUT2D eigenvalue weighted by Gasteiger charge is -2.09. The molecule has 3 aromatic carbocycles. The monoisotopic (exact) mass is 265 g/mol. The number of hydrogen-bond donors (Lipinski definition) is 0. The van der Waals surface area contributed by atoms with Gasteiger partial charge >= 0.3 is 0 Å². The van der Waals surface area contributed by atoms with Crippen LogP contribution in [0.1, 0.15) is 16.7 Å². The van der Waals surface area contributed by atoms with E-state index < -0.39 is 0 Å². The normalized spacial score (nSPS) is 11.6. The van der Waals surface area contributed by atoms with Gasteiger partial charge in [0.25, 0.3) is 0 Å². The second-order valence-electron chi connectivity index (χ2n) is 5.22. The van der Waals surface area contributed by atoms with Crippen molar-refractivity contribution in [1.29, 1.82) is 0 Å². The Labute approximate surface area is 125 Å². The lowest BCUT2D eigenvalue weighted by molar-refractivity contribution is 1.52. The predicted octanol–water partition coefficient (Wildman–Crippen LogP) is 4.92. The molecule has 3 aromatic rings. The van der Waals surface area contributed by atoms with E-state index in [1.807, 2.05) is 12.1 Å². The zero-order valence-electron chi connectivity index (χ0n) is 11.5. The Morgan fingerprint density at radius 3 is 2.19 bits per heavy atom. The molecule has 0 aliphatic heterocycles. The molecule has 0 unspecified atom stereocenters. The molecule has 21 heavy (non-hydrogen) atoms. The standard InChI is InChI=1S/C21H13/c1-2-15-10-12-16(13-11-15)18-8-5-9-20-19-7-4-3-6-17(19)14-21(18)20/h1,3-14H. The molecule has 0 aromatic heterocycles. The van der Waals surface area contributed by atoms with Gasteiger partial charge < -0.3 is 0 Å². The van der Waals surface area contributed by atoms with E-state index in [9.17, 15) is 0 Å². The summed E-state index contributed by atoms with van der Waals surface area (Å²) in [5.41, 5.74) is 8.59. The molecule has 0 fully saturated rings. The molecule has 0 N–H and O–H groups in total. The fraction of sp³-hybridized carbons (Fsp3) is 0. The van der Waals surface area contributed by atoms with Crippen molar-refractivity contribution in [2.45, 2.75) is 0 Å². The Bertz CT molecular complexity index is 861. The predicted molar refractivity (Wildman–Crippen MR) is 87.8 cm³/mol. The van der Waals surface area contributed by atoms with Crippen LogP contribution in [0, 0.1) is 18.8 Å². The highest BCUT2D eigenvalue weighted by atomic mass is 14.2. The number of hydrogen-bond acceptors (Lipinski definition) is 0. The van der Waals surface area contributed by atoms with Crippen molar-refractivity contribution in [2.75, 3.05) is 0 Å². The van der Waals surface area contributed by atoms with Gasteiger partial charge in [0, 0.05) is 12.0 Å². The summed E-state index contributed by atoms with van der Waals surface area (Å²) in [6.45, 7) is 0. The molecule has 0 spiro atoms. The van der Waals surface area contributed by atoms with Crippen molar-refractivity contribution in [3.05, 3.63) is 89.8 Å². The Morgan fingerprint density at radius 1 is 0.667 bits per heavy atom. The molecule has 1 radical (unpaired) electrons. The van der Waals surface area contributed by atoms with Crippen LogP contribution in [0.15, 0.2) is 66.7 Å². The minimum atomic E-state index is 0.915. The molecule has 4 rings (SSSR count). The highest BCUT2D eigenvalue weighted by Gasteiger charge is 2.21. The number of rotatable bonds is 1. The van der Waals surface area contributed by atoms with Crippen LogP contribution < -0.4 is 0 Å². The van der Waals surface area contributed by atoms with Gasteiger partial charge in [0.15, 0.2) is 0 Å². The molecular weight excluding hydrogens is 252 g/mol. The van der Waals surface area contributed by atoms with E-state index in [-0.39, 0.29) is 0 Å². The van der Waals surface area contributed by atoms with Gasteiger partial charge in [-0.2, -0.15) is 0 Å². The van der Waals surface area contributed by atoms with Crippen molar-refractivity contribution < 1.29 is 0 Å². The number of fused-ring (bicyclic) bond motifs is 3. The second kappa shape index (κ2) is 4.65. The summed E-state index contributed by atoms with van der Waals surface area (Å²) in [6.07, 6.45) is 7.70. The average molecular weight is 265 g/mol. The van der Waals surface area contributed by atoms with Crippen LogP contribution in [0.2, 0.25) is 0 Å². The molecule has 1 aliphatic carbocycles. The van der Waals surface area contributed by atoms with Crippen LogP contribution in [-0.4, -0.2) is 0 Å². The van der Waals surface area contributed by atoms with E-state index in [1.165, 1.54) is 33.4 Å². The third-order valence-corrected chi connectivity index (χ3v) is 4.02. The fourth-order valence-electron chi connectivity index (χ4n) is 2.98. The van der Waals surface area contributed by atoms with E-state index in [4.69, 9.17) is 6.42 Å². The molecule has 0 heterocycles. The van der Waals surface area contributed by atoms with Crippen LogP contribution in [0.25, 0.3) is 22.3 Å². The van der Waals surface area contributed by atoms with E-state index >= 15 is 0 Å². The topological polar surface area (TPSA) is 0 Å².